The quantitative estimate of drug-likeness (QED) is 0.514. The van der Waals surface area contributed by atoms with Gasteiger partial charge in [-0.2, -0.15) is 4.99 Å². The number of hydrogen-bond acceptors (Lipinski definition) is 4. The Labute approximate surface area is 89.5 Å². The third kappa shape index (κ3) is 2.23. The summed E-state index contributed by atoms with van der Waals surface area (Å²) in [6, 6.07) is -0.0578. The molecule has 2 unspecified atom stereocenters. The average molecular weight is 208 g/mol. The molecule has 2 atom stereocenters. The Kier molecular flexibility index (Phi) is 3.23. The van der Waals surface area contributed by atoms with E-state index in [9.17, 15) is 9.59 Å². The average Bonchev–Trinajstić information content (AvgIpc) is 2.13. The van der Waals surface area contributed by atoms with Crippen molar-refractivity contribution in [3.05, 3.63) is 0 Å². The SMILES string of the molecule is CC1(C)CCC(N=C=O)CC1(C)N=C=O. The van der Waals surface area contributed by atoms with Gasteiger partial charge in [-0.25, -0.2) is 14.6 Å². The Bertz CT molecular complexity index is 338. The van der Waals surface area contributed by atoms with Gasteiger partial charge in [0.05, 0.1) is 11.6 Å². The lowest BCUT2D eigenvalue weighted by Crippen LogP contribution is -2.46. The van der Waals surface area contributed by atoms with Gasteiger partial charge in [-0.1, -0.05) is 13.8 Å². The van der Waals surface area contributed by atoms with Crippen LogP contribution in [0.3, 0.4) is 0 Å². The zero-order valence-electron chi connectivity index (χ0n) is 9.41. The summed E-state index contributed by atoms with van der Waals surface area (Å²) in [4.78, 5) is 28.3. The molecule has 1 fully saturated rings. The van der Waals surface area contributed by atoms with Gasteiger partial charge >= 0.3 is 0 Å². The van der Waals surface area contributed by atoms with E-state index in [4.69, 9.17) is 0 Å². The minimum atomic E-state index is -0.474. The van der Waals surface area contributed by atoms with Crippen LogP contribution in [0.1, 0.15) is 40.0 Å². The molecule has 0 aliphatic heterocycles. The zero-order chi connectivity index (χ0) is 11.5. The molecule has 0 bridgehead atoms. The van der Waals surface area contributed by atoms with Gasteiger partial charge in [0.25, 0.3) is 0 Å². The van der Waals surface area contributed by atoms with E-state index in [0.717, 1.165) is 12.8 Å². The molecule has 0 spiro atoms. The topological polar surface area (TPSA) is 58.9 Å². The summed E-state index contributed by atoms with van der Waals surface area (Å²) in [7, 11) is 0. The van der Waals surface area contributed by atoms with Crippen molar-refractivity contribution in [3.8, 4) is 0 Å². The standard InChI is InChI=1S/C11H16N2O2/c1-10(2)5-4-9(12-7-14)6-11(10,3)13-8-15/h9H,4-6H2,1-3H3. The van der Waals surface area contributed by atoms with Crippen LogP contribution in [0.25, 0.3) is 0 Å². The third-order valence-corrected chi connectivity index (χ3v) is 3.72. The molecule has 0 saturated heterocycles. The molecule has 0 aromatic heterocycles. The number of aliphatic imine (C=N–C) groups is 2. The van der Waals surface area contributed by atoms with Gasteiger partial charge in [0.1, 0.15) is 0 Å². The normalized spacial score (nSPS) is 33.7. The minimum Gasteiger partial charge on any atom is -0.211 e. The maximum atomic E-state index is 10.4. The second-order valence-corrected chi connectivity index (χ2v) is 4.98. The van der Waals surface area contributed by atoms with Crippen LogP contribution in [0.2, 0.25) is 0 Å². The van der Waals surface area contributed by atoms with E-state index in [2.05, 4.69) is 23.8 Å². The number of nitrogens with zero attached hydrogens (tertiary/aromatic N) is 2. The van der Waals surface area contributed by atoms with E-state index >= 15 is 0 Å². The molecular formula is C11H16N2O2. The monoisotopic (exact) mass is 208 g/mol. The lowest BCUT2D eigenvalue weighted by molar-refractivity contribution is 0.106. The lowest BCUT2D eigenvalue weighted by Gasteiger charge is -2.45. The van der Waals surface area contributed by atoms with Crippen LogP contribution in [0, 0.1) is 5.41 Å². The van der Waals surface area contributed by atoms with Gasteiger partial charge < -0.3 is 0 Å². The molecule has 1 aliphatic carbocycles. The van der Waals surface area contributed by atoms with E-state index in [1.54, 1.807) is 12.2 Å². The summed E-state index contributed by atoms with van der Waals surface area (Å²) in [6.07, 6.45) is 5.57. The minimum absolute atomic E-state index is 0.0562. The van der Waals surface area contributed by atoms with Crippen molar-refractivity contribution < 1.29 is 9.59 Å². The van der Waals surface area contributed by atoms with Crippen molar-refractivity contribution in [2.24, 2.45) is 15.4 Å². The summed E-state index contributed by atoms with van der Waals surface area (Å²) in [5, 5.41) is 0. The highest BCUT2D eigenvalue weighted by Crippen LogP contribution is 2.46. The molecular weight excluding hydrogens is 192 g/mol. The highest BCUT2D eigenvalue weighted by Gasteiger charge is 2.46. The Morgan fingerprint density at radius 2 is 1.87 bits per heavy atom. The molecule has 1 rings (SSSR count). The summed E-state index contributed by atoms with van der Waals surface area (Å²) < 4.78 is 0. The molecule has 4 heteroatoms. The Balaban J connectivity index is 2.97. The van der Waals surface area contributed by atoms with Gasteiger partial charge in [0.15, 0.2) is 0 Å². The van der Waals surface area contributed by atoms with Crippen LogP contribution in [-0.2, 0) is 9.59 Å². The second kappa shape index (κ2) is 4.09. The van der Waals surface area contributed by atoms with Crippen molar-refractivity contribution in [3.63, 3.8) is 0 Å². The predicted molar refractivity (Wildman–Crippen MR) is 56.1 cm³/mol. The van der Waals surface area contributed by atoms with Crippen molar-refractivity contribution >= 4 is 12.2 Å². The first-order valence-electron chi connectivity index (χ1n) is 5.11. The van der Waals surface area contributed by atoms with Crippen LogP contribution < -0.4 is 0 Å². The fraction of sp³-hybridized carbons (Fsp3) is 0.818. The number of carbonyl (C=O) groups excluding carboxylic acids is 2. The number of isocyanates is 2. The van der Waals surface area contributed by atoms with Gasteiger partial charge in [-0.05, 0) is 31.6 Å². The molecule has 0 aromatic carbocycles. The molecule has 82 valence electrons. The Morgan fingerprint density at radius 1 is 1.20 bits per heavy atom. The van der Waals surface area contributed by atoms with Crippen molar-refractivity contribution in [2.45, 2.75) is 51.6 Å². The highest BCUT2D eigenvalue weighted by atomic mass is 16.1. The van der Waals surface area contributed by atoms with E-state index in [0.29, 0.717) is 6.42 Å². The molecule has 0 N–H and O–H groups in total. The molecule has 0 heterocycles. The Hall–Kier alpha value is -1.24. The van der Waals surface area contributed by atoms with E-state index in [-0.39, 0.29) is 11.5 Å². The molecule has 0 radical (unpaired) electrons. The van der Waals surface area contributed by atoms with Gasteiger partial charge in [-0.15, -0.1) is 0 Å². The molecule has 0 amide bonds. The molecule has 1 aliphatic rings. The summed E-state index contributed by atoms with van der Waals surface area (Å²) in [5.74, 6) is 0. The fourth-order valence-electron chi connectivity index (χ4n) is 2.12. The fourth-order valence-corrected chi connectivity index (χ4v) is 2.12. The summed E-state index contributed by atoms with van der Waals surface area (Å²) in [6.45, 7) is 6.08. The molecule has 15 heavy (non-hydrogen) atoms. The number of hydrogen-bond donors (Lipinski definition) is 0. The van der Waals surface area contributed by atoms with Crippen molar-refractivity contribution in [2.75, 3.05) is 0 Å². The first kappa shape index (κ1) is 11.8. The van der Waals surface area contributed by atoms with E-state index in [1.165, 1.54) is 0 Å². The van der Waals surface area contributed by atoms with Crippen LogP contribution in [0.15, 0.2) is 9.98 Å². The van der Waals surface area contributed by atoms with Gasteiger partial charge in [-0.3, -0.25) is 0 Å². The second-order valence-electron chi connectivity index (χ2n) is 4.98. The maximum Gasteiger partial charge on any atom is 0.235 e. The lowest BCUT2D eigenvalue weighted by atomic mass is 9.63. The first-order valence-corrected chi connectivity index (χ1v) is 5.11. The molecule has 4 nitrogen and oxygen atoms in total. The van der Waals surface area contributed by atoms with Crippen LogP contribution >= 0.6 is 0 Å². The molecule has 1 saturated carbocycles. The number of rotatable bonds is 2. The van der Waals surface area contributed by atoms with Crippen LogP contribution in [0.5, 0.6) is 0 Å². The molecule has 0 aromatic rings. The van der Waals surface area contributed by atoms with Crippen molar-refractivity contribution in [1.29, 1.82) is 0 Å². The van der Waals surface area contributed by atoms with Crippen LogP contribution in [0.4, 0.5) is 0 Å². The third-order valence-electron chi connectivity index (χ3n) is 3.72. The van der Waals surface area contributed by atoms with Gasteiger partial charge in [0, 0.05) is 0 Å². The first-order chi connectivity index (χ1) is 6.95. The Morgan fingerprint density at radius 3 is 2.40 bits per heavy atom. The predicted octanol–water partition coefficient (Wildman–Crippen LogP) is 2.00. The maximum absolute atomic E-state index is 10.4. The van der Waals surface area contributed by atoms with Crippen molar-refractivity contribution in [1.82, 2.24) is 0 Å². The summed E-state index contributed by atoms with van der Waals surface area (Å²) in [5.41, 5.74) is -0.530. The van der Waals surface area contributed by atoms with E-state index < -0.39 is 5.54 Å². The largest absolute Gasteiger partial charge is 0.235 e. The highest BCUT2D eigenvalue weighted by molar-refractivity contribution is 5.36. The zero-order valence-corrected chi connectivity index (χ0v) is 9.41. The van der Waals surface area contributed by atoms with Gasteiger partial charge in [0.2, 0.25) is 12.2 Å². The smallest absolute Gasteiger partial charge is 0.211 e. The van der Waals surface area contributed by atoms with Crippen LogP contribution in [-0.4, -0.2) is 23.7 Å². The van der Waals surface area contributed by atoms with E-state index in [1.807, 2.05) is 6.92 Å². The summed E-state index contributed by atoms with van der Waals surface area (Å²) >= 11 is 0.